The quantitative estimate of drug-likeness (QED) is 0.391. The summed E-state index contributed by atoms with van der Waals surface area (Å²) in [5, 5.41) is 16.6. The molecule has 0 aliphatic rings. The molecular weight excluding hydrogens is 215 g/mol. The molecule has 0 aliphatic carbocycles. The summed E-state index contributed by atoms with van der Waals surface area (Å²) in [5.41, 5.74) is 0. The molecule has 8 heteroatoms. The molecule has 0 rings (SSSR count). The second-order valence-electron chi connectivity index (χ2n) is 2.30. The van der Waals surface area contributed by atoms with Gasteiger partial charge in [-0.3, -0.25) is 14.2 Å². The van der Waals surface area contributed by atoms with E-state index in [4.69, 9.17) is 24.6 Å². The minimum absolute atomic E-state index is 0.199. The summed E-state index contributed by atoms with van der Waals surface area (Å²) in [6.45, 7) is 1.75. The van der Waals surface area contributed by atoms with Gasteiger partial charge in [0.15, 0.2) is 5.92 Å². The highest BCUT2D eigenvalue weighted by atomic mass is 31.1. The Morgan fingerprint density at radius 3 is 1.57 bits per heavy atom. The summed E-state index contributed by atoms with van der Waals surface area (Å²) in [6, 6.07) is 0. The Labute approximate surface area is 80.9 Å². The zero-order chi connectivity index (χ0) is 11.7. The lowest BCUT2D eigenvalue weighted by Gasteiger charge is -2.02. The van der Waals surface area contributed by atoms with Gasteiger partial charge in [-0.25, -0.2) is 0 Å². The van der Waals surface area contributed by atoms with E-state index >= 15 is 0 Å². The fourth-order valence-electron chi connectivity index (χ4n) is 0.641. The lowest BCUT2D eigenvalue weighted by Crippen LogP contribution is -2.22. The minimum Gasteiger partial charge on any atom is -0.481 e. The van der Waals surface area contributed by atoms with E-state index in [2.05, 4.69) is 0 Å². The van der Waals surface area contributed by atoms with Crippen LogP contribution in [0.3, 0.4) is 0 Å². The zero-order valence-electron chi connectivity index (χ0n) is 7.51. The standard InChI is InChI=1S/C6H10O4.H3O3P/c1-2-3-4(5(7)8)6(9)10;1-4(2)3/h4H,2-3H2,1H3,(H,7,8)(H,9,10);4H,(H2,1,2,3). The van der Waals surface area contributed by atoms with Crippen LogP contribution < -0.4 is 0 Å². The van der Waals surface area contributed by atoms with Gasteiger partial charge in [-0.1, -0.05) is 13.3 Å². The molecule has 14 heavy (non-hydrogen) atoms. The summed E-state index contributed by atoms with van der Waals surface area (Å²) < 4.78 is 8.74. The maximum absolute atomic E-state index is 10.2. The highest BCUT2D eigenvalue weighted by Crippen LogP contribution is 2.05. The van der Waals surface area contributed by atoms with Gasteiger partial charge in [0, 0.05) is 0 Å². The molecule has 0 spiro atoms. The van der Waals surface area contributed by atoms with Crippen molar-refractivity contribution >= 4 is 20.2 Å². The van der Waals surface area contributed by atoms with Gasteiger partial charge in [0.2, 0.25) is 0 Å². The van der Waals surface area contributed by atoms with Gasteiger partial charge in [-0.15, -0.1) is 0 Å². The fraction of sp³-hybridized carbons (Fsp3) is 0.667. The van der Waals surface area contributed by atoms with Crippen molar-refractivity contribution in [3.05, 3.63) is 0 Å². The monoisotopic (exact) mass is 228 g/mol. The van der Waals surface area contributed by atoms with E-state index in [-0.39, 0.29) is 6.42 Å². The summed E-state index contributed by atoms with van der Waals surface area (Å²) in [6.07, 6.45) is 0.772. The molecule has 84 valence electrons. The molecule has 7 nitrogen and oxygen atoms in total. The Morgan fingerprint density at radius 2 is 1.50 bits per heavy atom. The summed E-state index contributed by atoms with van der Waals surface area (Å²) in [5.74, 6) is -3.74. The molecule has 0 saturated heterocycles. The van der Waals surface area contributed by atoms with Gasteiger partial charge >= 0.3 is 20.2 Å². The van der Waals surface area contributed by atoms with Crippen LogP contribution in [0.2, 0.25) is 0 Å². The van der Waals surface area contributed by atoms with E-state index < -0.39 is 26.1 Å². The van der Waals surface area contributed by atoms with Crippen LogP contribution >= 0.6 is 8.25 Å². The second kappa shape index (κ2) is 8.68. The SMILES string of the molecule is CCCC(C(=O)O)C(=O)O.O=[PH](O)O. The second-order valence-corrected chi connectivity index (χ2v) is 2.87. The van der Waals surface area contributed by atoms with Gasteiger partial charge < -0.3 is 20.0 Å². The van der Waals surface area contributed by atoms with E-state index in [0.29, 0.717) is 6.42 Å². The molecule has 0 unspecified atom stereocenters. The first kappa shape index (κ1) is 15.6. The topological polar surface area (TPSA) is 132 Å². The molecule has 0 aliphatic heterocycles. The molecule has 0 atom stereocenters. The Bertz CT molecular complexity index is 196. The Balaban J connectivity index is 0. The van der Waals surface area contributed by atoms with Crippen LogP contribution in [0.1, 0.15) is 19.8 Å². The largest absolute Gasteiger partial charge is 0.481 e. The number of carboxylic acids is 2. The van der Waals surface area contributed by atoms with Crippen LogP contribution in [-0.2, 0) is 14.2 Å². The predicted octanol–water partition coefficient (Wildman–Crippen LogP) is -0.0674. The summed E-state index contributed by atoms with van der Waals surface area (Å²) >= 11 is 0. The normalized spacial score (nSPS) is 9.50. The first-order valence-electron chi connectivity index (χ1n) is 3.70. The van der Waals surface area contributed by atoms with Crippen LogP contribution in [0.4, 0.5) is 0 Å². The molecule has 0 amide bonds. The van der Waals surface area contributed by atoms with Gasteiger partial charge in [-0.05, 0) is 6.42 Å². The van der Waals surface area contributed by atoms with Gasteiger partial charge in [0.1, 0.15) is 0 Å². The molecule has 0 heterocycles. The van der Waals surface area contributed by atoms with Crippen molar-refractivity contribution in [3.8, 4) is 0 Å². The third-order valence-electron chi connectivity index (χ3n) is 1.17. The maximum Gasteiger partial charge on any atom is 0.317 e. The molecule has 0 aromatic carbocycles. The van der Waals surface area contributed by atoms with Crippen molar-refractivity contribution in [3.63, 3.8) is 0 Å². The third-order valence-corrected chi connectivity index (χ3v) is 1.17. The number of carboxylic acid groups (broad SMARTS) is 2. The molecule has 4 N–H and O–H groups in total. The molecule has 0 bridgehead atoms. The number of hydrogen-bond donors (Lipinski definition) is 4. The van der Waals surface area contributed by atoms with Crippen LogP contribution in [0.25, 0.3) is 0 Å². The van der Waals surface area contributed by atoms with Crippen molar-refractivity contribution in [1.29, 1.82) is 0 Å². The third kappa shape index (κ3) is 11.1. The minimum atomic E-state index is -3.13. The van der Waals surface area contributed by atoms with Crippen molar-refractivity contribution in [2.45, 2.75) is 19.8 Å². The van der Waals surface area contributed by atoms with Crippen molar-refractivity contribution in [1.82, 2.24) is 0 Å². The smallest absolute Gasteiger partial charge is 0.317 e. The zero-order valence-corrected chi connectivity index (χ0v) is 8.51. The van der Waals surface area contributed by atoms with E-state index in [1.165, 1.54) is 0 Å². The summed E-state index contributed by atoms with van der Waals surface area (Å²) in [4.78, 5) is 34.6. The Kier molecular flexibility index (Phi) is 9.64. The highest BCUT2D eigenvalue weighted by Gasteiger charge is 2.23. The number of carbonyl (C=O) groups is 2. The van der Waals surface area contributed by atoms with Crippen molar-refractivity contribution in [2.75, 3.05) is 0 Å². The van der Waals surface area contributed by atoms with E-state index in [9.17, 15) is 9.59 Å². The molecule has 0 fully saturated rings. The van der Waals surface area contributed by atoms with E-state index in [0.717, 1.165) is 0 Å². The average Bonchev–Trinajstić information content (AvgIpc) is 1.97. The lowest BCUT2D eigenvalue weighted by molar-refractivity contribution is -0.154. The van der Waals surface area contributed by atoms with Crippen molar-refractivity contribution < 1.29 is 34.2 Å². The fourth-order valence-corrected chi connectivity index (χ4v) is 0.641. The van der Waals surface area contributed by atoms with E-state index in [1.54, 1.807) is 6.92 Å². The number of aliphatic carboxylic acids is 2. The number of rotatable bonds is 4. The van der Waals surface area contributed by atoms with Crippen LogP contribution in [0.15, 0.2) is 0 Å². The first-order chi connectivity index (χ1) is 6.32. The highest BCUT2D eigenvalue weighted by molar-refractivity contribution is 7.30. The van der Waals surface area contributed by atoms with Crippen molar-refractivity contribution in [2.24, 2.45) is 5.92 Å². The lowest BCUT2D eigenvalue weighted by atomic mass is 10.1. The maximum atomic E-state index is 10.2. The first-order valence-corrected chi connectivity index (χ1v) is 5.00. The Hall–Kier alpha value is -0.910. The molecule has 0 aromatic heterocycles. The number of hydrogen-bond acceptors (Lipinski definition) is 3. The van der Waals surface area contributed by atoms with Gasteiger partial charge in [-0.2, -0.15) is 0 Å². The summed E-state index contributed by atoms with van der Waals surface area (Å²) in [7, 11) is -3.13. The Morgan fingerprint density at radius 1 is 1.21 bits per heavy atom. The predicted molar refractivity (Wildman–Crippen MR) is 47.1 cm³/mol. The van der Waals surface area contributed by atoms with Crippen LogP contribution in [-0.4, -0.2) is 31.9 Å². The van der Waals surface area contributed by atoms with Gasteiger partial charge in [0.05, 0.1) is 0 Å². The van der Waals surface area contributed by atoms with E-state index in [1.807, 2.05) is 0 Å². The molecular formula is C6H13O7P. The molecule has 0 aromatic rings. The molecule has 0 radical (unpaired) electrons. The average molecular weight is 228 g/mol. The van der Waals surface area contributed by atoms with Crippen LogP contribution in [0, 0.1) is 5.92 Å². The van der Waals surface area contributed by atoms with Crippen LogP contribution in [0.5, 0.6) is 0 Å². The molecule has 0 saturated carbocycles. The van der Waals surface area contributed by atoms with Gasteiger partial charge in [0.25, 0.3) is 0 Å².